The Morgan fingerprint density at radius 1 is 1.44 bits per heavy atom. The number of nitrogens with zero attached hydrogens (tertiary/aromatic N) is 1. The van der Waals surface area contributed by atoms with Gasteiger partial charge < -0.3 is 4.42 Å². The van der Waals surface area contributed by atoms with Crippen LogP contribution < -0.4 is 5.43 Å². The Morgan fingerprint density at radius 2 is 2.22 bits per heavy atom. The summed E-state index contributed by atoms with van der Waals surface area (Å²) >= 11 is 1.59. The molecule has 0 saturated carbocycles. The number of aryl methyl sites for hydroxylation is 2. The van der Waals surface area contributed by atoms with Crippen LogP contribution in [0.4, 0.5) is 0 Å². The average Bonchev–Trinajstić information content (AvgIpc) is 2.95. The highest BCUT2D eigenvalue weighted by atomic mass is 32.1. The molecule has 0 aromatic carbocycles. The molecule has 1 amide bonds. The lowest BCUT2D eigenvalue weighted by molar-refractivity contribution is 0.0953. The first-order valence-electron chi connectivity index (χ1n) is 5.53. The van der Waals surface area contributed by atoms with E-state index >= 15 is 0 Å². The Labute approximate surface area is 109 Å². The minimum Gasteiger partial charge on any atom is -0.466 e. The van der Waals surface area contributed by atoms with Crippen molar-refractivity contribution in [3.8, 4) is 0 Å². The number of carbonyl (C=O) groups is 1. The van der Waals surface area contributed by atoms with Gasteiger partial charge in [0.25, 0.3) is 5.91 Å². The molecule has 0 spiro atoms. The number of hydrazone groups is 1. The molecule has 94 valence electrons. The SMILES string of the molecule is CC(=NNC(=O)c1cc(C)oc1C)c1cccs1. The minimum atomic E-state index is -0.250. The first-order chi connectivity index (χ1) is 8.58. The number of amides is 1. The second-order valence-corrected chi connectivity index (χ2v) is 4.89. The highest BCUT2D eigenvalue weighted by Crippen LogP contribution is 2.13. The third-order valence-electron chi connectivity index (χ3n) is 2.49. The van der Waals surface area contributed by atoms with Gasteiger partial charge in [0.1, 0.15) is 11.5 Å². The number of nitrogens with one attached hydrogen (secondary N) is 1. The Bertz CT molecular complexity index is 582. The van der Waals surface area contributed by atoms with Gasteiger partial charge in [-0.05, 0) is 38.3 Å². The monoisotopic (exact) mass is 262 g/mol. The summed E-state index contributed by atoms with van der Waals surface area (Å²) in [5.74, 6) is 1.07. The number of hydrogen-bond donors (Lipinski definition) is 1. The molecule has 1 N–H and O–H groups in total. The van der Waals surface area contributed by atoms with Crippen molar-refractivity contribution >= 4 is 23.0 Å². The number of furan rings is 1. The summed E-state index contributed by atoms with van der Waals surface area (Å²) in [6.45, 7) is 5.43. The largest absolute Gasteiger partial charge is 0.466 e. The van der Waals surface area contributed by atoms with Crippen molar-refractivity contribution in [2.45, 2.75) is 20.8 Å². The number of hydrogen-bond acceptors (Lipinski definition) is 4. The molecule has 0 aliphatic carbocycles. The minimum absolute atomic E-state index is 0.250. The Morgan fingerprint density at radius 3 is 2.78 bits per heavy atom. The van der Waals surface area contributed by atoms with Crippen LogP contribution in [0.5, 0.6) is 0 Å². The smallest absolute Gasteiger partial charge is 0.274 e. The van der Waals surface area contributed by atoms with Gasteiger partial charge in [-0.1, -0.05) is 6.07 Å². The van der Waals surface area contributed by atoms with Gasteiger partial charge >= 0.3 is 0 Å². The lowest BCUT2D eigenvalue weighted by Crippen LogP contribution is -2.19. The predicted molar refractivity (Wildman–Crippen MR) is 72.2 cm³/mol. The Balaban J connectivity index is 2.09. The molecule has 0 saturated heterocycles. The van der Waals surface area contributed by atoms with Gasteiger partial charge in [-0.3, -0.25) is 4.79 Å². The highest BCUT2D eigenvalue weighted by molar-refractivity contribution is 7.12. The van der Waals surface area contributed by atoms with E-state index in [4.69, 9.17) is 4.42 Å². The lowest BCUT2D eigenvalue weighted by Gasteiger charge is -1.99. The molecule has 2 rings (SSSR count). The second-order valence-electron chi connectivity index (χ2n) is 3.94. The molecule has 18 heavy (non-hydrogen) atoms. The zero-order valence-electron chi connectivity index (χ0n) is 10.5. The van der Waals surface area contributed by atoms with E-state index in [0.717, 1.165) is 16.3 Å². The molecule has 2 heterocycles. The Kier molecular flexibility index (Phi) is 3.62. The normalized spacial score (nSPS) is 11.6. The molecule has 0 unspecified atom stereocenters. The lowest BCUT2D eigenvalue weighted by atomic mass is 10.2. The molecule has 4 nitrogen and oxygen atoms in total. The van der Waals surface area contributed by atoms with Crippen LogP contribution in [0.1, 0.15) is 33.7 Å². The standard InChI is InChI=1S/C13H14N2O2S/c1-8-7-11(10(3)17-8)13(16)15-14-9(2)12-5-4-6-18-12/h4-7H,1-3H3,(H,15,16). The number of rotatable bonds is 3. The molecule has 5 heteroatoms. The van der Waals surface area contributed by atoms with Crippen molar-refractivity contribution in [1.29, 1.82) is 0 Å². The zero-order valence-corrected chi connectivity index (χ0v) is 11.3. The summed E-state index contributed by atoms with van der Waals surface area (Å²) in [7, 11) is 0. The molecule has 2 aromatic rings. The topological polar surface area (TPSA) is 54.6 Å². The second kappa shape index (κ2) is 5.18. The van der Waals surface area contributed by atoms with Gasteiger partial charge in [0.05, 0.1) is 11.3 Å². The summed E-state index contributed by atoms with van der Waals surface area (Å²) < 4.78 is 5.31. The zero-order chi connectivity index (χ0) is 13.1. The van der Waals surface area contributed by atoms with E-state index in [1.54, 1.807) is 24.3 Å². The maximum atomic E-state index is 11.9. The van der Waals surface area contributed by atoms with Crippen molar-refractivity contribution in [2.24, 2.45) is 5.10 Å². The summed E-state index contributed by atoms with van der Waals surface area (Å²) in [4.78, 5) is 12.9. The van der Waals surface area contributed by atoms with Gasteiger partial charge in [-0.25, -0.2) is 5.43 Å². The van der Waals surface area contributed by atoms with Crippen molar-refractivity contribution in [1.82, 2.24) is 5.43 Å². The fourth-order valence-electron chi connectivity index (χ4n) is 1.59. The summed E-state index contributed by atoms with van der Waals surface area (Å²) in [6.07, 6.45) is 0. The van der Waals surface area contributed by atoms with E-state index in [9.17, 15) is 4.79 Å². The van der Waals surface area contributed by atoms with Gasteiger partial charge in [-0.2, -0.15) is 5.10 Å². The molecule has 0 aliphatic rings. The van der Waals surface area contributed by atoms with Gasteiger partial charge in [0.2, 0.25) is 0 Å². The molecular formula is C13H14N2O2S. The maximum Gasteiger partial charge on any atom is 0.274 e. The van der Waals surface area contributed by atoms with Crippen LogP contribution in [0, 0.1) is 13.8 Å². The van der Waals surface area contributed by atoms with Crippen LogP contribution in [0.25, 0.3) is 0 Å². The maximum absolute atomic E-state index is 11.9. The summed E-state index contributed by atoms with van der Waals surface area (Å²) in [6, 6.07) is 5.62. The Hall–Kier alpha value is -1.88. The summed E-state index contributed by atoms with van der Waals surface area (Å²) in [5, 5.41) is 6.05. The van der Waals surface area contributed by atoms with Crippen molar-refractivity contribution in [2.75, 3.05) is 0 Å². The molecule has 0 radical (unpaired) electrons. The van der Waals surface area contributed by atoms with Crippen LogP contribution in [-0.2, 0) is 0 Å². The van der Waals surface area contributed by atoms with E-state index in [1.807, 2.05) is 31.4 Å². The van der Waals surface area contributed by atoms with Crippen LogP contribution in [-0.4, -0.2) is 11.6 Å². The van der Waals surface area contributed by atoms with Crippen LogP contribution in [0.2, 0.25) is 0 Å². The van der Waals surface area contributed by atoms with E-state index in [1.165, 1.54) is 0 Å². The van der Waals surface area contributed by atoms with Crippen molar-refractivity contribution in [3.63, 3.8) is 0 Å². The van der Waals surface area contributed by atoms with Crippen LogP contribution in [0.3, 0.4) is 0 Å². The van der Waals surface area contributed by atoms with Crippen LogP contribution in [0.15, 0.2) is 33.1 Å². The van der Waals surface area contributed by atoms with E-state index in [2.05, 4.69) is 10.5 Å². The molecule has 2 aromatic heterocycles. The van der Waals surface area contributed by atoms with Gasteiger partial charge in [-0.15, -0.1) is 11.3 Å². The van der Waals surface area contributed by atoms with E-state index in [0.29, 0.717) is 11.3 Å². The first kappa shape index (κ1) is 12.6. The third kappa shape index (κ3) is 2.68. The van der Waals surface area contributed by atoms with Gasteiger partial charge in [0, 0.05) is 4.88 Å². The fourth-order valence-corrected chi connectivity index (χ4v) is 2.27. The van der Waals surface area contributed by atoms with Gasteiger partial charge in [0.15, 0.2) is 0 Å². The van der Waals surface area contributed by atoms with Crippen molar-refractivity contribution < 1.29 is 9.21 Å². The van der Waals surface area contributed by atoms with E-state index in [-0.39, 0.29) is 5.91 Å². The van der Waals surface area contributed by atoms with Crippen molar-refractivity contribution in [3.05, 3.63) is 45.5 Å². The quantitative estimate of drug-likeness (QED) is 0.682. The van der Waals surface area contributed by atoms with Crippen LogP contribution >= 0.6 is 11.3 Å². The molecule has 0 bridgehead atoms. The fraction of sp³-hybridized carbons (Fsp3) is 0.231. The molecule has 0 atom stereocenters. The molecular weight excluding hydrogens is 248 g/mol. The molecule has 0 aliphatic heterocycles. The number of carbonyl (C=O) groups excluding carboxylic acids is 1. The summed E-state index contributed by atoms with van der Waals surface area (Å²) in [5.41, 5.74) is 3.85. The van der Waals surface area contributed by atoms with E-state index < -0.39 is 0 Å². The third-order valence-corrected chi connectivity index (χ3v) is 3.47. The highest BCUT2D eigenvalue weighted by Gasteiger charge is 2.12. The molecule has 0 fully saturated rings. The first-order valence-corrected chi connectivity index (χ1v) is 6.41. The number of thiophene rings is 1. The predicted octanol–water partition coefficient (Wildman–Crippen LogP) is 3.11. The average molecular weight is 262 g/mol.